The third-order valence-electron chi connectivity index (χ3n) is 1.03. The van der Waals surface area contributed by atoms with E-state index in [2.05, 4.69) is 6.58 Å². The van der Waals surface area contributed by atoms with Gasteiger partial charge in [-0.25, -0.2) is 4.79 Å². The third-order valence-corrected chi connectivity index (χ3v) is 1.03. The Morgan fingerprint density at radius 3 is 2.55 bits per heavy atom. The number of ether oxygens (including phenoxy) is 1. The largest absolute Gasteiger partial charge is 0.460 e. The number of rotatable bonds is 4. The molecule has 0 radical (unpaired) electrons. The molecule has 4 nitrogen and oxygen atoms in total. The van der Waals surface area contributed by atoms with Crippen molar-refractivity contribution in [3.63, 3.8) is 0 Å². The molecule has 0 aliphatic carbocycles. The maximum Gasteiger partial charge on any atom is 0.353 e. The molecule has 0 aromatic rings. The summed E-state index contributed by atoms with van der Waals surface area (Å²) in [5, 5.41) is 0. The van der Waals surface area contributed by atoms with Gasteiger partial charge in [0.1, 0.15) is 12.3 Å². The van der Waals surface area contributed by atoms with Gasteiger partial charge in [-0.1, -0.05) is 6.58 Å². The number of hydrogen-bond acceptors (Lipinski definition) is 4. The van der Waals surface area contributed by atoms with Crippen molar-refractivity contribution in [3.05, 3.63) is 12.3 Å². The van der Waals surface area contributed by atoms with Crippen LogP contribution in [0, 0.1) is 0 Å². The first-order valence-corrected chi connectivity index (χ1v) is 3.30. The maximum atomic E-state index is 10.7. The van der Waals surface area contributed by atoms with E-state index >= 15 is 0 Å². The van der Waals surface area contributed by atoms with Crippen molar-refractivity contribution in [3.8, 4) is 0 Å². The van der Waals surface area contributed by atoms with Crippen LogP contribution >= 0.6 is 0 Å². The highest BCUT2D eigenvalue weighted by molar-refractivity contribution is 5.86. The van der Waals surface area contributed by atoms with Crippen molar-refractivity contribution >= 4 is 5.97 Å². The Bertz CT molecular complexity index is 155. The number of esters is 1. The molecule has 0 aliphatic rings. The number of nitrogens with two attached hydrogens (primary N) is 1. The molecule has 11 heavy (non-hydrogen) atoms. The molecule has 0 saturated carbocycles. The molecule has 0 heterocycles. The number of carbonyl (C=O) groups excluding carboxylic acids is 1. The molecule has 64 valence electrons. The van der Waals surface area contributed by atoms with Crippen molar-refractivity contribution in [2.45, 2.75) is 0 Å². The molecule has 0 amide bonds. The molecular formula is C7H14N2O2. The minimum absolute atomic E-state index is 0.0521. The van der Waals surface area contributed by atoms with Gasteiger partial charge >= 0.3 is 5.97 Å². The van der Waals surface area contributed by atoms with Crippen LogP contribution in [0.2, 0.25) is 0 Å². The summed E-state index contributed by atoms with van der Waals surface area (Å²) in [6, 6.07) is 0. The molecule has 0 aliphatic heterocycles. The Hall–Kier alpha value is -1.03. The first kappa shape index (κ1) is 9.97. The lowest BCUT2D eigenvalue weighted by Crippen LogP contribution is -2.22. The molecule has 4 heteroatoms. The predicted molar refractivity (Wildman–Crippen MR) is 42.8 cm³/mol. The summed E-state index contributed by atoms with van der Waals surface area (Å²) < 4.78 is 4.71. The minimum atomic E-state index is -0.535. The highest BCUT2D eigenvalue weighted by Gasteiger charge is 2.02. The molecule has 0 fully saturated rings. The molecule has 0 atom stereocenters. The van der Waals surface area contributed by atoms with Crippen molar-refractivity contribution in [2.75, 3.05) is 27.2 Å². The van der Waals surface area contributed by atoms with Crippen LogP contribution in [0.1, 0.15) is 0 Å². The average Bonchev–Trinajstić information content (AvgIpc) is 1.86. The Morgan fingerprint density at radius 2 is 2.18 bits per heavy atom. The molecule has 0 aromatic heterocycles. The van der Waals surface area contributed by atoms with Crippen LogP contribution in [-0.2, 0) is 9.53 Å². The zero-order chi connectivity index (χ0) is 8.85. The number of carbonyl (C=O) groups is 1. The van der Waals surface area contributed by atoms with Crippen LogP contribution in [0.4, 0.5) is 0 Å². The number of nitrogens with zero attached hydrogens (tertiary/aromatic N) is 1. The van der Waals surface area contributed by atoms with E-state index in [0.717, 1.165) is 0 Å². The average molecular weight is 158 g/mol. The van der Waals surface area contributed by atoms with Crippen LogP contribution in [0.25, 0.3) is 0 Å². The molecule has 0 saturated heterocycles. The van der Waals surface area contributed by atoms with Gasteiger partial charge in [0.05, 0.1) is 0 Å². The maximum absolute atomic E-state index is 10.7. The topological polar surface area (TPSA) is 55.6 Å². The molecule has 0 unspecified atom stereocenters. The Kier molecular flexibility index (Phi) is 4.29. The van der Waals surface area contributed by atoms with Crippen molar-refractivity contribution < 1.29 is 9.53 Å². The van der Waals surface area contributed by atoms with Gasteiger partial charge in [-0.15, -0.1) is 0 Å². The molecule has 0 rings (SSSR count). The normalized spacial score (nSPS) is 9.73. The smallest absolute Gasteiger partial charge is 0.353 e. The van der Waals surface area contributed by atoms with Gasteiger partial charge in [0, 0.05) is 6.54 Å². The summed E-state index contributed by atoms with van der Waals surface area (Å²) in [4.78, 5) is 12.6. The summed E-state index contributed by atoms with van der Waals surface area (Å²) in [6.45, 7) is 4.29. The summed E-state index contributed by atoms with van der Waals surface area (Å²) in [7, 11) is 3.79. The summed E-state index contributed by atoms with van der Waals surface area (Å²) in [5.74, 6) is -0.535. The Balaban J connectivity index is 3.40. The lowest BCUT2D eigenvalue weighted by atomic mass is 10.5. The van der Waals surface area contributed by atoms with E-state index in [1.165, 1.54) is 0 Å². The zero-order valence-electron chi connectivity index (χ0n) is 6.96. The summed E-state index contributed by atoms with van der Waals surface area (Å²) in [6.07, 6.45) is 0. The second-order valence-corrected chi connectivity index (χ2v) is 2.46. The second kappa shape index (κ2) is 4.73. The quantitative estimate of drug-likeness (QED) is 0.445. The standard InChI is InChI=1S/C7H14N2O2/c1-6(8)7(10)11-5-4-9(2)3/h1,4-5,8H2,2-3H3. The van der Waals surface area contributed by atoms with E-state index in [1.54, 1.807) is 0 Å². The fourth-order valence-electron chi connectivity index (χ4n) is 0.414. The molecule has 0 bridgehead atoms. The Morgan fingerprint density at radius 1 is 1.64 bits per heavy atom. The predicted octanol–water partition coefficient (Wildman–Crippen LogP) is -0.436. The monoisotopic (exact) mass is 158 g/mol. The van der Waals surface area contributed by atoms with Gasteiger partial charge < -0.3 is 15.4 Å². The minimum Gasteiger partial charge on any atom is -0.460 e. The zero-order valence-corrected chi connectivity index (χ0v) is 6.96. The van der Waals surface area contributed by atoms with Crippen LogP contribution in [0.3, 0.4) is 0 Å². The number of hydrogen-bond donors (Lipinski definition) is 1. The molecule has 0 spiro atoms. The number of likely N-dealkylation sites (N-methyl/N-ethyl adjacent to an activating group) is 1. The van der Waals surface area contributed by atoms with E-state index < -0.39 is 5.97 Å². The lowest BCUT2D eigenvalue weighted by Gasteiger charge is -2.09. The van der Waals surface area contributed by atoms with Crippen LogP contribution < -0.4 is 5.73 Å². The van der Waals surface area contributed by atoms with Crippen molar-refractivity contribution in [1.82, 2.24) is 4.90 Å². The first-order chi connectivity index (χ1) is 5.04. The van der Waals surface area contributed by atoms with E-state index in [9.17, 15) is 4.79 Å². The first-order valence-electron chi connectivity index (χ1n) is 3.30. The fraction of sp³-hybridized carbons (Fsp3) is 0.571. The molecule has 2 N–H and O–H groups in total. The fourth-order valence-corrected chi connectivity index (χ4v) is 0.414. The van der Waals surface area contributed by atoms with Gasteiger partial charge in [-0.2, -0.15) is 0 Å². The van der Waals surface area contributed by atoms with E-state index in [4.69, 9.17) is 10.5 Å². The van der Waals surface area contributed by atoms with Gasteiger partial charge in [0.25, 0.3) is 0 Å². The summed E-state index contributed by atoms with van der Waals surface area (Å²) in [5.41, 5.74) is 5.02. The van der Waals surface area contributed by atoms with Crippen LogP contribution in [0.5, 0.6) is 0 Å². The van der Waals surface area contributed by atoms with Gasteiger partial charge in [0.15, 0.2) is 0 Å². The second-order valence-electron chi connectivity index (χ2n) is 2.46. The van der Waals surface area contributed by atoms with Crippen LogP contribution in [0.15, 0.2) is 12.3 Å². The van der Waals surface area contributed by atoms with Crippen molar-refractivity contribution in [2.24, 2.45) is 5.73 Å². The third kappa shape index (κ3) is 5.42. The lowest BCUT2D eigenvalue weighted by molar-refractivity contribution is -0.139. The van der Waals surface area contributed by atoms with E-state index in [0.29, 0.717) is 13.2 Å². The van der Waals surface area contributed by atoms with Gasteiger partial charge in [-0.3, -0.25) is 0 Å². The van der Waals surface area contributed by atoms with E-state index in [1.807, 2.05) is 19.0 Å². The van der Waals surface area contributed by atoms with Crippen LogP contribution in [-0.4, -0.2) is 38.1 Å². The SMILES string of the molecule is C=C(N)C(=O)OCCN(C)C. The van der Waals surface area contributed by atoms with Gasteiger partial charge in [0.2, 0.25) is 0 Å². The molecule has 0 aromatic carbocycles. The summed E-state index contributed by atoms with van der Waals surface area (Å²) >= 11 is 0. The van der Waals surface area contributed by atoms with Gasteiger partial charge in [-0.05, 0) is 14.1 Å². The molecular weight excluding hydrogens is 144 g/mol. The highest BCUT2D eigenvalue weighted by atomic mass is 16.5. The highest BCUT2D eigenvalue weighted by Crippen LogP contribution is 1.85. The Labute approximate surface area is 66.6 Å². The van der Waals surface area contributed by atoms with Crippen molar-refractivity contribution in [1.29, 1.82) is 0 Å². The van der Waals surface area contributed by atoms with E-state index in [-0.39, 0.29) is 5.70 Å².